The van der Waals surface area contributed by atoms with Gasteiger partial charge in [0.2, 0.25) is 0 Å². The second-order valence-electron chi connectivity index (χ2n) is 2.10. The molecule has 0 N–H and O–H groups in total. The Morgan fingerprint density at radius 3 is 2.67 bits per heavy atom. The molecule has 0 amide bonds. The molecule has 0 aliphatic carbocycles. The molecule has 1 aromatic rings. The topological polar surface area (TPSA) is 42.2 Å². The van der Waals surface area contributed by atoms with Gasteiger partial charge in [0, 0.05) is 12.1 Å². The van der Waals surface area contributed by atoms with Gasteiger partial charge in [-0.25, -0.2) is 0 Å². The zero-order valence-electron chi connectivity index (χ0n) is 6.92. The fourth-order valence-corrected chi connectivity index (χ4v) is 0.839. The molecular formula is C9H8NO2. The van der Waals surface area contributed by atoms with E-state index < -0.39 is 0 Å². The Balaban J connectivity index is 3.13. The average molecular weight is 162 g/mol. The van der Waals surface area contributed by atoms with Crippen LogP contribution in [0.2, 0.25) is 0 Å². The summed E-state index contributed by atoms with van der Waals surface area (Å²) >= 11 is 0. The molecule has 0 aliphatic heterocycles. The van der Waals surface area contributed by atoms with Gasteiger partial charge in [-0.15, -0.1) is 0 Å². The van der Waals surface area contributed by atoms with Crippen LogP contribution in [0.1, 0.15) is 5.56 Å². The summed E-state index contributed by atoms with van der Waals surface area (Å²) < 4.78 is 9.92. The lowest BCUT2D eigenvalue weighted by atomic mass is 10.2. The van der Waals surface area contributed by atoms with E-state index >= 15 is 0 Å². The van der Waals surface area contributed by atoms with Gasteiger partial charge >= 0.3 is 0 Å². The molecule has 0 saturated heterocycles. The van der Waals surface area contributed by atoms with Gasteiger partial charge in [-0.1, -0.05) is 0 Å². The lowest BCUT2D eigenvalue weighted by molar-refractivity contribution is 0.354. The maximum atomic E-state index is 8.55. The van der Waals surface area contributed by atoms with Crippen molar-refractivity contribution in [3.63, 3.8) is 0 Å². The van der Waals surface area contributed by atoms with Crippen LogP contribution in [0, 0.1) is 17.4 Å². The molecule has 1 aromatic carbocycles. The van der Waals surface area contributed by atoms with Crippen molar-refractivity contribution in [2.45, 2.75) is 0 Å². The van der Waals surface area contributed by atoms with E-state index in [2.05, 4.69) is 6.07 Å². The van der Waals surface area contributed by atoms with E-state index in [1.807, 2.05) is 6.07 Å². The maximum absolute atomic E-state index is 8.55. The van der Waals surface area contributed by atoms with Crippen molar-refractivity contribution in [1.82, 2.24) is 0 Å². The van der Waals surface area contributed by atoms with Gasteiger partial charge in [0.05, 0.1) is 25.9 Å². The zero-order valence-corrected chi connectivity index (χ0v) is 6.92. The summed E-state index contributed by atoms with van der Waals surface area (Å²) in [5.41, 5.74) is 0.507. The van der Waals surface area contributed by atoms with Gasteiger partial charge in [0.1, 0.15) is 0 Å². The van der Waals surface area contributed by atoms with Crippen LogP contribution in [0.4, 0.5) is 0 Å². The number of nitriles is 1. The Kier molecular flexibility index (Phi) is 2.54. The Labute approximate surface area is 71.1 Å². The summed E-state index contributed by atoms with van der Waals surface area (Å²) in [7, 11) is 3.05. The van der Waals surface area contributed by atoms with E-state index in [1.165, 1.54) is 14.2 Å². The summed E-state index contributed by atoms with van der Waals surface area (Å²) in [5, 5.41) is 8.55. The van der Waals surface area contributed by atoms with Crippen LogP contribution >= 0.6 is 0 Å². The third kappa shape index (κ3) is 1.48. The average Bonchev–Trinajstić information content (AvgIpc) is 2.16. The molecule has 0 spiro atoms. The van der Waals surface area contributed by atoms with Crippen LogP contribution < -0.4 is 9.47 Å². The molecule has 12 heavy (non-hydrogen) atoms. The number of rotatable bonds is 2. The monoisotopic (exact) mass is 162 g/mol. The highest BCUT2D eigenvalue weighted by Gasteiger charge is 2.03. The zero-order chi connectivity index (χ0) is 8.97. The van der Waals surface area contributed by atoms with Gasteiger partial charge in [-0.05, 0) is 6.07 Å². The standard InChI is InChI=1S/C9H8NO2/c1-11-8-4-3-7(6-10)5-9(8)12-2/h3,5H,1-2H3. The molecule has 1 radical (unpaired) electrons. The molecule has 0 fully saturated rings. The number of methoxy groups -OCH3 is 2. The SMILES string of the molecule is COc1[c]cc(C#N)cc1OC. The van der Waals surface area contributed by atoms with Crippen molar-refractivity contribution in [2.24, 2.45) is 0 Å². The predicted octanol–water partition coefficient (Wildman–Crippen LogP) is 1.38. The molecule has 0 atom stereocenters. The molecular weight excluding hydrogens is 154 g/mol. The van der Waals surface area contributed by atoms with E-state index in [-0.39, 0.29) is 0 Å². The molecule has 61 valence electrons. The number of nitrogens with zero attached hydrogens (tertiary/aromatic N) is 1. The fourth-order valence-electron chi connectivity index (χ4n) is 0.839. The van der Waals surface area contributed by atoms with E-state index in [1.54, 1.807) is 12.1 Å². The first-order valence-corrected chi connectivity index (χ1v) is 3.35. The van der Waals surface area contributed by atoms with Crippen LogP contribution in [0.25, 0.3) is 0 Å². The van der Waals surface area contributed by atoms with Gasteiger partial charge < -0.3 is 9.47 Å². The first-order valence-electron chi connectivity index (χ1n) is 3.35. The first-order chi connectivity index (χ1) is 5.81. The number of hydrogen-bond donors (Lipinski definition) is 0. The Hall–Kier alpha value is -1.69. The largest absolute Gasteiger partial charge is 0.493 e. The summed E-state index contributed by atoms with van der Waals surface area (Å²) in [6, 6.07) is 7.94. The normalized spacial score (nSPS) is 8.75. The third-order valence-electron chi connectivity index (χ3n) is 1.42. The maximum Gasteiger partial charge on any atom is 0.168 e. The van der Waals surface area contributed by atoms with E-state index in [0.29, 0.717) is 17.1 Å². The Morgan fingerprint density at radius 2 is 2.17 bits per heavy atom. The smallest absolute Gasteiger partial charge is 0.168 e. The molecule has 0 bridgehead atoms. The van der Waals surface area contributed by atoms with Crippen LogP contribution in [0.15, 0.2) is 12.1 Å². The molecule has 1 rings (SSSR count). The minimum Gasteiger partial charge on any atom is -0.493 e. The molecule has 0 unspecified atom stereocenters. The van der Waals surface area contributed by atoms with Crippen LogP contribution in [0.5, 0.6) is 11.5 Å². The molecule has 0 aromatic heterocycles. The van der Waals surface area contributed by atoms with Gasteiger partial charge in [0.25, 0.3) is 0 Å². The predicted molar refractivity (Wildman–Crippen MR) is 43.1 cm³/mol. The van der Waals surface area contributed by atoms with Crippen molar-refractivity contribution >= 4 is 0 Å². The van der Waals surface area contributed by atoms with E-state index in [4.69, 9.17) is 14.7 Å². The minimum atomic E-state index is 0.507. The highest BCUT2D eigenvalue weighted by atomic mass is 16.5. The van der Waals surface area contributed by atoms with Crippen molar-refractivity contribution in [1.29, 1.82) is 5.26 Å². The highest BCUT2D eigenvalue weighted by molar-refractivity contribution is 5.45. The Morgan fingerprint density at radius 1 is 1.42 bits per heavy atom. The van der Waals surface area contributed by atoms with Crippen molar-refractivity contribution in [2.75, 3.05) is 14.2 Å². The number of benzene rings is 1. The summed E-state index contributed by atoms with van der Waals surface area (Å²) in [4.78, 5) is 0. The van der Waals surface area contributed by atoms with Gasteiger partial charge in [-0.2, -0.15) is 5.26 Å². The van der Waals surface area contributed by atoms with E-state index in [0.717, 1.165) is 0 Å². The van der Waals surface area contributed by atoms with Crippen molar-refractivity contribution in [3.8, 4) is 17.6 Å². The van der Waals surface area contributed by atoms with Crippen LogP contribution in [-0.4, -0.2) is 14.2 Å². The summed E-state index contributed by atoms with van der Waals surface area (Å²) in [6.45, 7) is 0. The fraction of sp³-hybridized carbons (Fsp3) is 0.222. The molecule has 3 nitrogen and oxygen atoms in total. The molecule has 0 saturated carbocycles. The third-order valence-corrected chi connectivity index (χ3v) is 1.42. The van der Waals surface area contributed by atoms with Crippen LogP contribution in [0.3, 0.4) is 0 Å². The quantitative estimate of drug-likeness (QED) is 0.659. The minimum absolute atomic E-state index is 0.507. The van der Waals surface area contributed by atoms with Crippen molar-refractivity contribution in [3.05, 3.63) is 23.8 Å². The van der Waals surface area contributed by atoms with Gasteiger partial charge in [-0.3, -0.25) is 0 Å². The second kappa shape index (κ2) is 3.63. The highest BCUT2D eigenvalue weighted by Crippen LogP contribution is 2.26. The van der Waals surface area contributed by atoms with Gasteiger partial charge in [0.15, 0.2) is 11.5 Å². The molecule has 0 heterocycles. The number of hydrogen-bond acceptors (Lipinski definition) is 3. The van der Waals surface area contributed by atoms with E-state index in [9.17, 15) is 0 Å². The molecule has 0 aliphatic rings. The van der Waals surface area contributed by atoms with Crippen LogP contribution in [-0.2, 0) is 0 Å². The summed E-state index contributed by atoms with van der Waals surface area (Å²) in [6.07, 6.45) is 0. The molecule has 3 heteroatoms. The summed E-state index contributed by atoms with van der Waals surface area (Å²) in [5.74, 6) is 1.04. The lowest BCUT2D eigenvalue weighted by Gasteiger charge is -2.05. The van der Waals surface area contributed by atoms with Crippen molar-refractivity contribution < 1.29 is 9.47 Å². The lowest BCUT2D eigenvalue weighted by Crippen LogP contribution is -1.90. The second-order valence-corrected chi connectivity index (χ2v) is 2.10. The first kappa shape index (κ1) is 8.41. The number of ether oxygens (including phenoxy) is 2. The Bertz CT molecular complexity index is 315.